The first kappa shape index (κ1) is 22.9. The lowest BCUT2D eigenvalue weighted by Crippen LogP contribution is -2.32. The van der Waals surface area contributed by atoms with Gasteiger partial charge in [-0.1, -0.05) is 11.6 Å². The second kappa shape index (κ2) is 10.5. The Balaban J connectivity index is 1.94. The minimum Gasteiger partial charge on any atom is -0.493 e. The molecule has 1 fully saturated rings. The molecular weight excluding hydrogens is 424 g/mol. The summed E-state index contributed by atoms with van der Waals surface area (Å²) in [5.41, 5.74) is 7.45. The van der Waals surface area contributed by atoms with E-state index in [2.05, 4.69) is 14.9 Å². The number of halogens is 1. The molecule has 1 aliphatic heterocycles. The van der Waals surface area contributed by atoms with E-state index in [4.69, 9.17) is 36.3 Å². The van der Waals surface area contributed by atoms with Crippen LogP contribution in [0.25, 0.3) is 0 Å². The normalized spacial score (nSPS) is 16.5. The van der Waals surface area contributed by atoms with Crippen molar-refractivity contribution in [3.63, 3.8) is 0 Å². The summed E-state index contributed by atoms with van der Waals surface area (Å²) in [5, 5.41) is 0.457. The predicted octanol–water partition coefficient (Wildman–Crippen LogP) is 2.94. The van der Waals surface area contributed by atoms with Crippen molar-refractivity contribution in [2.45, 2.75) is 26.3 Å². The monoisotopic (exact) mass is 450 g/mol. The summed E-state index contributed by atoms with van der Waals surface area (Å²) in [6.45, 7) is 5.40. The van der Waals surface area contributed by atoms with Gasteiger partial charge in [0.05, 0.1) is 26.4 Å². The Morgan fingerprint density at radius 2 is 2.13 bits per heavy atom. The molecule has 1 aromatic carbocycles. The highest BCUT2D eigenvalue weighted by Gasteiger charge is 2.28. The Morgan fingerprint density at radius 3 is 2.84 bits per heavy atom. The van der Waals surface area contributed by atoms with Crippen LogP contribution in [0.1, 0.15) is 30.6 Å². The summed E-state index contributed by atoms with van der Waals surface area (Å²) in [6, 6.07) is 5.09. The molecule has 2 N–H and O–H groups in total. The summed E-state index contributed by atoms with van der Waals surface area (Å²) in [4.78, 5) is 22.3. The smallest absolute Gasteiger partial charge is 0.344 e. The van der Waals surface area contributed by atoms with Gasteiger partial charge in [0, 0.05) is 36.0 Å². The second-order valence-electron chi connectivity index (χ2n) is 6.98. The van der Waals surface area contributed by atoms with E-state index in [-0.39, 0.29) is 25.2 Å². The molecule has 9 nitrogen and oxygen atoms in total. The van der Waals surface area contributed by atoms with Crippen molar-refractivity contribution in [2.24, 2.45) is 0 Å². The van der Waals surface area contributed by atoms with Gasteiger partial charge in [-0.2, -0.15) is 4.98 Å². The summed E-state index contributed by atoms with van der Waals surface area (Å²) in [6.07, 6.45) is 0.828. The number of carbonyl (C=O) groups is 1. The topological polar surface area (TPSA) is 109 Å². The van der Waals surface area contributed by atoms with Gasteiger partial charge in [0.1, 0.15) is 5.82 Å². The van der Waals surface area contributed by atoms with Crippen molar-refractivity contribution in [3.05, 3.63) is 34.5 Å². The highest BCUT2D eigenvalue weighted by Crippen LogP contribution is 2.39. The Bertz CT molecular complexity index is 907. The molecular formula is C21H27ClN4O5. The molecule has 168 valence electrons. The number of nitrogen functional groups attached to an aromatic ring is 1. The Morgan fingerprint density at radius 1 is 1.32 bits per heavy atom. The first-order chi connectivity index (χ1) is 14.9. The first-order valence-electron chi connectivity index (χ1n) is 10.0. The Kier molecular flexibility index (Phi) is 7.75. The molecule has 1 aliphatic rings. The van der Waals surface area contributed by atoms with Gasteiger partial charge >= 0.3 is 5.97 Å². The van der Waals surface area contributed by atoms with Gasteiger partial charge in [-0.25, -0.2) is 9.78 Å². The van der Waals surface area contributed by atoms with Crippen LogP contribution >= 0.6 is 11.6 Å². The van der Waals surface area contributed by atoms with E-state index in [1.165, 1.54) is 7.11 Å². The number of anilines is 2. The number of nitrogens with two attached hydrogens (primary N) is 1. The minimum absolute atomic E-state index is 0.213. The van der Waals surface area contributed by atoms with Gasteiger partial charge in [0.25, 0.3) is 0 Å². The molecule has 2 aromatic rings. The number of hydrogen-bond acceptors (Lipinski definition) is 9. The van der Waals surface area contributed by atoms with E-state index in [0.29, 0.717) is 42.1 Å². The zero-order chi connectivity index (χ0) is 22.4. The standard InChI is InChI=1S/C21H27ClN4O5/c1-4-30-20(27)12-31-18-10-15(22)14(9-17(18)28-3)16-11-29-7-5-6-26(16)19-8-13(2)24-21(23)25-19/h8-10,16H,4-7,11-12H2,1-3H3,(H2,23,24,25). The van der Waals surface area contributed by atoms with Crippen molar-refractivity contribution in [1.29, 1.82) is 0 Å². The van der Waals surface area contributed by atoms with Crippen LogP contribution in [0.4, 0.5) is 11.8 Å². The van der Waals surface area contributed by atoms with Crippen molar-refractivity contribution in [3.8, 4) is 11.5 Å². The number of methoxy groups -OCH3 is 1. The third-order valence-corrected chi connectivity index (χ3v) is 5.11. The summed E-state index contributed by atoms with van der Waals surface area (Å²) >= 11 is 6.65. The quantitative estimate of drug-likeness (QED) is 0.636. The highest BCUT2D eigenvalue weighted by atomic mass is 35.5. The fourth-order valence-corrected chi connectivity index (χ4v) is 3.73. The number of nitrogens with zero attached hydrogens (tertiary/aromatic N) is 3. The Labute approximate surface area is 186 Å². The van der Waals surface area contributed by atoms with Crippen molar-refractivity contribution in [1.82, 2.24) is 9.97 Å². The van der Waals surface area contributed by atoms with Crippen LogP contribution in [0.2, 0.25) is 5.02 Å². The molecule has 1 saturated heterocycles. The number of esters is 1. The van der Waals surface area contributed by atoms with Crippen LogP contribution in [-0.4, -0.2) is 56.0 Å². The predicted molar refractivity (Wildman–Crippen MR) is 117 cm³/mol. The van der Waals surface area contributed by atoms with E-state index in [9.17, 15) is 4.79 Å². The van der Waals surface area contributed by atoms with Gasteiger partial charge in [-0.3, -0.25) is 0 Å². The lowest BCUT2D eigenvalue weighted by atomic mass is 10.0. The zero-order valence-electron chi connectivity index (χ0n) is 17.9. The fraction of sp³-hybridized carbons (Fsp3) is 0.476. The molecule has 1 aromatic heterocycles. The summed E-state index contributed by atoms with van der Waals surface area (Å²) in [5.74, 6) is 1.26. The maximum Gasteiger partial charge on any atom is 0.344 e. The molecule has 1 atom stereocenters. The average molecular weight is 451 g/mol. The minimum atomic E-state index is -0.468. The molecule has 0 spiro atoms. The maximum absolute atomic E-state index is 11.6. The van der Waals surface area contributed by atoms with Crippen LogP contribution in [0.3, 0.4) is 0 Å². The van der Waals surface area contributed by atoms with Crippen molar-refractivity contribution in [2.75, 3.05) is 50.7 Å². The van der Waals surface area contributed by atoms with Gasteiger partial charge in [-0.05, 0) is 31.9 Å². The van der Waals surface area contributed by atoms with Crippen LogP contribution in [0, 0.1) is 6.92 Å². The number of aromatic nitrogens is 2. The molecule has 10 heteroatoms. The van der Waals surface area contributed by atoms with E-state index < -0.39 is 5.97 Å². The molecule has 0 amide bonds. The zero-order valence-corrected chi connectivity index (χ0v) is 18.6. The lowest BCUT2D eigenvalue weighted by Gasteiger charge is -2.32. The van der Waals surface area contributed by atoms with Crippen molar-refractivity contribution >= 4 is 29.3 Å². The molecule has 3 rings (SSSR count). The highest BCUT2D eigenvalue weighted by molar-refractivity contribution is 6.31. The number of benzene rings is 1. The average Bonchev–Trinajstić information content (AvgIpc) is 2.98. The number of ether oxygens (including phenoxy) is 4. The van der Waals surface area contributed by atoms with Gasteiger partial charge in [0.15, 0.2) is 18.1 Å². The van der Waals surface area contributed by atoms with Gasteiger partial charge in [-0.15, -0.1) is 0 Å². The maximum atomic E-state index is 11.6. The number of hydrogen-bond donors (Lipinski definition) is 1. The van der Waals surface area contributed by atoms with E-state index in [1.807, 2.05) is 13.0 Å². The summed E-state index contributed by atoms with van der Waals surface area (Å²) < 4.78 is 21.8. The van der Waals surface area contributed by atoms with Crippen LogP contribution in [-0.2, 0) is 14.3 Å². The SMILES string of the molecule is CCOC(=O)COc1cc(Cl)c(C2COCCCN2c2cc(C)nc(N)n2)cc1OC. The molecule has 0 radical (unpaired) electrons. The molecule has 0 saturated carbocycles. The molecule has 1 unspecified atom stereocenters. The fourth-order valence-electron chi connectivity index (χ4n) is 3.45. The van der Waals surface area contributed by atoms with Gasteiger partial charge < -0.3 is 29.6 Å². The van der Waals surface area contributed by atoms with Crippen LogP contribution < -0.4 is 20.1 Å². The number of aryl methyl sites for hydroxylation is 1. The Hall–Kier alpha value is -2.78. The molecule has 0 bridgehead atoms. The lowest BCUT2D eigenvalue weighted by molar-refractivity contribution is -0.145. The first-order valence-corrected chi connectivity index (χ1v) is 10.4. The summed E-state index contributed by atoms with van der Waals surface area (Å²) in [7, 11) is 1.53. The van der Waals surface area contributed by atoms with E-state index in [0.717, 1.165) is 17.7 Å². The third-order valence-electron chi connectivity index (χ3n) is 4.78. The van der Waals surface area contributed by atoms with Crippen LogP contribution in [0.5, 0.6) is 11.5 Å². The van der Waals surface area contributed by atoms with Crippen molar-refractivity contribution < 1.29 is 23.7 Å². The largest absolute Gasteiger partial charge is 0.493 e. The van der Waals surface area contributed by atoms with Gasteiger partial charge in [0.2, 0.25) is 5.95 Å². The molecule has 0 aliphatic carbocycles. The molecule has 31 heavy (non-hydrogen) atoms. The van der Waals surface area contributed by atoms with E-state index >= 15 is 0 Å². The second-order valence-corrected chi connectivity index (χ2v) is 7.39. The molecule has 2 heterocycles. The number of rotatable bonds is 7. The van der Waals surface area contributed by atoms with E-state index in [1.54, 1.807) is 19.1 Å². The van der Waals surface area contributed by atoms with Crippen LogP contribution in [0.15, 0.2) is 18.2 Å². The third kappa shape index (κ3) is 5.68. The number of carbonyl (C=O) groups excluding carboxylic acids is 1.